The van der Waals surface area contributed by atoms with Crippen molar-refractivity contribution in [1.29, 1.82) is 0 Å². The molecule has 0 aliphatic rings. The van der Waals surface area contributed by atoms with Gasteiger partial charge in [-0.25, -0.2) is 13.4 Å². The first-order valence-electron chi connectivity index (χ1n) is 11.6. The predicted octanol–water partition coefficient (Wildman–Crippen LogP) is 6.58. The number of nitrogens with one attached hydrogen (secondary N) is 2. The molecule has 0 aliphatic heterocycles. The number of sulfonamides is 1. The first kappa shape index (κ1) is 25.8. The van der Waals surface area contributed by atoms with E-state index in [2.05, 4.69) is 15.0 Å². The number of ether oxygens (including phenoxy) is 1. The van der Waals surface area contributed by atoms with Crippen LogP contribution in [0.4, 0.5) is 10.8 Å². The molecule has 0 aliphatic carbocycles. The third-order valence-corrected chi connectivity index (χ3v) is 9.18. The number of carbonyl (C=O) groups is 1. The van der Waals surface area contributed by atoms with Crippen LogP contribution < -0.4 is 14.8 Å². The Morgan fingerprint density at radius 3 is 2.29 bits per heavy atom. The standard InChI is InChI=1S/C28H23N3O4S3/c1-35-21-14-17-24-25(18-21)37-28(29-24)30-27(32)26(19-8-4-2-5-9-19)36-22-15-12-20(13-16-22)31-38(33,34)23-10-6-3-7-11-23/h2-18,26,31H,1H3,(H,29,30,32). The van der Waals surface area contributed by atoms with Crippen molar-refractivity contribution in [2.75, 3.05) is 17.1 Å². The van der Waals surface area contributed by atoms with E-state index in [-0.39, 0.29) is 10.8 Å². The average molecular weight is 562 g/mol. The molecule has 1 atom stereocenters. The first-order chi connectivity index (χ1) is 18.4. The predicted molar refractivity (Wildman–Crippen MR) is 154 cm³/mol. The summed E-state index contributed by atoms with van der Waals surface area (Å²) in [5.74, 6) is 0.521. The Kier molecular flexibility index (Phi) is 7.64. The van der Waals surface area contributed by atoms with Gasteiger partial charge in [0.25, 0.3) is 10.0 Å². The van der Waals surface area contributed by atoms with Crippen LogP contribution in [0, 0.1) is 0 Å². The number of carbonyl (C=O) groups excluding carboxylic acids is 1. The Hall–Kier alpha value is -3.86. The summed E-state index contributed by atoms with van der Waals surface area (Å²) < 4.78 is 34.1. The molecule has 7 nitrogen and oxygen atoms in total. The summed E-state index contributed by atoms with van der Waals surface area (Å²) in [4.78, 5) is 19.0. The van der Waals surface area contributed by atoms with Crippen LogP contribution in [0.15, 0.2) is 113 Å². The smallest absolute Gasteiger partial charge is 0.261 e. The number of fused-ring (bicyclic) bond motifs is 1. The van der Waals surface area contributed by atoms with Crippen LogP contribution in [0.2, 0.25) is 0 Å². The number of hydrogen-bond donors (Lipinski definition) is 2. The SMILES string of the molecule is COc1ccc2nc(NC(=O)C(Sc3ccc(NS(=O)(=O)c4ccccc4)cc3)c3ccccc3)sc2c1. The summed E-state index contributed by atoms with van der Waals surface area (Å²) in [6, 6.07) is 30.2. The third-order valence-electron chi connectivity index (χ3n) is 5.58. The number of amides is 1. The molecule has 1 unspecified atom stereocenters. The number of anilines is 2. The van der Waals surface area contributed by atoms with Crippen LogP contribution in [-0.4, -0.2) is 26.4 Å². The zero-order valence-electron chi connectivity index (χ0n) is 20.2. The zero-order valence-corrected chi connectivity index (χ0v) is 22.6. The third kappa shape index (κ3) is 5.99. The van der Waals surface area contributed by atoms with Crippen LogP contribution in [0.1, 0.15) is 10.8 Å². The molecule has 0 radical (unpaired) electrons. The van der Waals surface area contributed by atoms with Gasteiger partial charge in [-0.2, -0.15) is 0 Å². The van der Waals surface area contributed by atoms with E-state index in [1.165, 1.54) is 35.2 Å². The van der Waals surface area contributed by atoms with Gasteiger partial charge in [0.1, 0.15) is 11.0 Å². The van der Waals surface area contributed by atoms with Crippen LogP contribution >= 0.6 is 23.1 Å². The summed E-state index contributed by atoms with van der Waals surface area (Å²) in [5, 5.41) is 2.92. The number of benzene rings is 4. The van der Waals surface area contributed by atoms with Crippen LogP contribution in [0.3, 0.4) is 0 Å². The average Bonchev–Trinajstić information content (AvgIpc) is 3.34. The van der Waals surface area contributed by atoms with E-state index in [0.29, 0.717) is 10.8 Å². The largest absolute Gasteiger partial charge is 0.497 e. The molecule has 5 rings (SSSR count). The number of aromatic nitrogens is 1. The lowest BCUT2D eigenvalue weighted by Crippen LogP contribution is -2.18. The molecule has 5 aromatic rings. The molecular weight excluding hydrogens is 539 g/mol. The highest BCUT2D eigenvalue weighted by molar-refractivity contribution is 8.00. The van der Waals surface area contributed by atoms with Crippen molar-refractivity contribution >= 4 is 60.1 Å². The summed E-state index contributed by atoms with van der Waals surface area (Å²) >= 11 is 2.75. The molecule has 38 heavy (non-hydrogen) atoms. The van der Waals surface area contributed by atoms with E-state index in [1.54, 1.807) is 49.6 Å². The lowest BCUT2D eigenvalue weighted by atomic mass is 10.1. The second-order valence-electron chi connectivity index (χ2n) is 8.19. The van der Waals surface area contributed by atoms with Crippen molar-refractivity contribution in [3.63, 3.8) is 0 Å². The number of rotatable bonds is 9. The van der Waals surface area contributed by atoms with Gasteiger partial charge in [0.15, 0.2) is 5.13 Å². The van der Waals surface area contributed by atoms with E-state index < -0.39 is 15.3 Å². The molecule has 0 saturated heterocycles. The second-order valence-corrected chi connectivity index (χ2v) is 12.1. The number of nitrogens with zero attached hydrogens (tertiary/aromatic N) is 1. The topological polar surface area (TPSA) is 97.4 Å². The number of thioether (sulfide) groups is 1. The maximum absolute atomic E-state index is 13.4. The van der Waals surface area contributed by atoms with Crippen molar-refractivity contribution in [3.05, 3.63) is 109 Å². The van der Waals surface area contributed by atoms with Gasteiger partial charge in [0.05, 0.1) is 22.2 Å². The molecule has 0 bridgehead atoms. The fourth-order valence-electron chi connectivity index (χ4n) is 3.71. The Morgan fingerprint density at radius 1 is 0.921 bits per heavy atom. The van der Waals surface area contributed by atoms with E-state index in [4.69, 9.17) is 4.74 Å². The summed E-state index contributed by atoms with van der Waals surface area (Å²) in [6.45, 7) is 0. The highest BCUT2D eigenvalue weighted by Gasteiger charge is 2.23. The highest BCUT2D eigenvalue weighted by atomic mass is 32.2. The Bertz CT molecular complexity index is 1660. The Balaban J connectivity index is 1.34. The molecule has 1 heterocycles. The van der Waals surface area contributed by atoms with Gasteiger partial charge in [-0.15, -0.1) is 11.8 Å². The van der Waals surface area contributed by atoms with Gasteiger partial charge in [-0.3, -0.25) is 9.52 Å². The molecule has 0 saturated carbocycles. The molecule has 192 valence electrons. The Labute approximate surface area is 228 Å². The van der Waals surface area contributed by atoms with Crippen LogP contribution in [0.5, 0.6) is 5.75 Å². The van der Waals surface area contributed by atoms with Gasteiger partial charge in [-0.05, 0) is 60.2 Å². The molecule has 4 aromatic carbocycles. The molecule has 10 heteroatoms. The van der Waals surface area contributed by atoms with Crippen molar-refractivity contribution in [2.45, 2.75) is 15.0 Å². The Morgan fingerprint density at radius 2 is 1.61 bits per heavy atom. The van der Waals surface area contributed by atoms with Gasteiger partial charge in [0.2, 0.25) is 5.91 Å². The van der Waals surface area contributed by atoms with Gasteiger partial charge in [-0.1, -0.05) is 59.9 Å². The lowest BCUT2D eigenvalue weighted by molar-refractivity contribution is -0.115. The van der Waals surface area contributed by atoms with Crippen molar-refractivity contribution < 1.29 is 17.9 Å². The summed E-state index contributed by atoms with van der Waals surface area (Å²) in [5.41, 5.74) is 2.05. The van der Waals surface area contributed by atoms with Crippen LogP contribution in [-0.2, 0) is 14.8 Å². The number of methoxy groups -OCH3 is 1. The quantitative estimate of drug-likeness (QED) is 0.197. The molecule has 1 aromatic heterocycles. The van der Waals surface area contributed by atoms with E-state index in [9.17, 15) is 13.2 Å². The molecule has 0 spiro atoms. The number of thiazole rings is 1. The molecule has 1 amide bonds. The summed E-state index contributed by atoms with van der Waals surface area (Å²) in [6.07, 6.45) is 0. The van der Waals surface area contributed by atoms with E-state index >= 15 is 0 Å². The van der Waals surface area contributed by atoms with Crippen molar-refractivity contribution in [3.8, 4) is 5.75 Å². The van der Waals surface area contributed by atoms with E-state index in [0.717, 1.165) is 26.4 Å². The fourth-order valence-corrected chi connectivity index (χ4v) is 6.71. The maximum atomic E-state index is 13.4. The lowest BCUT2D eigenvalue weighted by Gasteiger charge is -2.16. The first-order valence-corrected chi connectivity index (χ1v) is 14.7. The van der Waals surface area contributed by atoms with E-state index in [1.807, 2.05) is 48.5 Å². The fraction of sp³-hybridized carbons (Fsp3) is 0.0714. The van der Waals surface area contributed by atoms with Gasteiger partial charge >= 0.3 is 0 Å². The monoisotopic (exact) mass is 561 g/mol. The van der Waals surface area contributed by atoms with Crippen LogP contribution in [0.25, 0.3) is 10.2 Å². The minimum absolute atomic E-state index is 0.188. The normalized spacial score (nSPS) is 12.1. The van der Waals surface area contributed by atoms with Crippen molar-refractivity contribution in [1.82, 2.24) is 4.98 Å². The van der Waals surface area contributed by atoms with Gasteiger partial charge < -0.3 is 10.1 Å². The zero-order chi connectivity index (χ0) is 26.5. The molecule has 0 fully saturated rings. The van der Waals surface area contributed by atoms with Crippen molar-refractivity contribution in [2.24, 2.45) is 0 Å². The molecular formula is C28H23N3O4S3. The molecule has 2 N–H and O–H groups in total. The summed E-state index contributed by atoms with van der Waals surface area (Å²) in [7, 11) is -2.08. The highest BCUT2D eigenvalue weighted by Crippen LogP contribution is 2.38. The second kappa shape index (κ2) is 11.3. The van der Waals surface area contributed by atoms with Gasteiger partial charge in [0, 0.05) is 10.6 Å². The minimum Gasteiger partial charge on any atom is -0.497 e. The number of hydrogen-bond acceptors (Lipinski definition) is 7. The minimum atomic E-state index is -3.69. The maximum Gasteiger partial charge on any atom is 0.261 e.